The lowest BCUT2D eigenvalue weighted by atomic mass is 10.3. The zero-order valence-electron chi connectivity index (χ0n) is 6.39. The highest BCUT2D eigenvalue weighted by atomic mass is 16.5. The third-order valence-corrected chi connectivity index (χ3v) is 1.12. The van der Waals surface area contributed by atoms with E-state index in [1.54, 1.807) is 0 Å². The normalized spacial score (nSPS) is 12.7. The Bertz CT molecular complexity index is 106. The van der Waals surface area contributed by atoms with Gasteiger partial charge in [0.05, 0.1) is 7.11 Å². The SMILES string of the molecule is CCNCC(N)C(=O)OC. The summed E-state index contributed by atoms with van der Waals surface area (Å²) in [6, 6.07) is -0.537. The van der Waals surface area contributed by atoms with Gasteiger partial charge < -0.3 is 15.8 Å². The first-order chi connectivity index (χ1) is 4.72. The molecule has 0 aliphatic carbocycles. The van der Waals surface area contributed by atoms with Gasteiger partial charge in [-0.05, 0) is 6.54 Å². The van der Waals surface area contributed by atoms with Gasteiger partial charge in [-0.3, -0.25) is 4.79 Å². The molecule has 0 spiro atoms. The fourth-order valence-electron chi connectivity index (χ4n) is 0.535. The second kappa shape index (κ2) is 5.20. The molecule has 0 aromatic heterocycles. The maximum absolute atomic E-state index is 10.6. The minimum atomic E-state index is -0.537. The highest BCUT2D eigenvalue weighted by molar-refractivity contribution is 5.75. The standard InChI is InChI=1S/C6H14N2O2/c1-3-8-4-5(7)6(9)10-2/h5,8H,3-4,7H2,1-2H3. The average molecular weight is 146 g/mol. The molecular weight excluding hydrogens is 132 g/mol. The molecule has 3 N–H and O–H groups in total. The lowest BCUT2D eigenvalue weighted by Gasteiger charge is -2.08. The Hall–Kier alpha value is -0.610. The van der Waals surface area contributed by atoms with Gasteiger partial charge in [0.2, 0.25) is 0 Å². The number of carbonyl (C=O) groups excluding carboxylic acids is 1. The van der Waals surface area contributed by atoms with Crippen molar-refractivity contribution in [2.24, 2.45) is 5.73 Å². The summed E-state index contributed by atoms with van der Waals surface area (Å²) < 4.78 is 4.41. The summed E-state index contributed by atoms with van der Waals surface area (Å²) in [6.07, 6.45) is 0. The molecule has 0 aromatic carbocycles. The monoisotopic (exact) mass is 146 g/mol. The van der Waals surface area contributed by atoms with Gasteiger partial charge in [0.15, 0.2) is 0 Å². The van der Waals surface area contributed by atoms with Crippen LogP contribution in [0.15, 0.2) is 0 Å². The van der Waals surface area contributed by atoms with Crippen molar-refractivity contribution >= 4 is 5.97 Å². The van der Waals surface area contributed by atoms with Crippen LogP contribution in [0.25, 0.3) is 0 Å². The number of nitrogens with two attached hydrogens (primary N) is 1. The van der Waals surface area contributed by atoms with E-state index in [0.717, 1.165) is 6.54 Å². The largest absolute Gasteiger partial charge is 0.468 e. The molecule has 10 heavy (non-hydrogen) atoms. The van der Waals surface area contributed by atoms with E-state index in [1.165, 1.54) is 7.11 Å². The number of nitrogens with one attached hydrogen (secondary N) is 1. The van der Waals surface area contributed by atoms with Gasteiger partial charge in [-0.1, -0.05) is 6.92 Å². The lowest BCUT2D eigenvalue weighted by molar-refractivity contribution is -0.142. The molecule has 60 valence electrons. The van der Waals surface area contributed by atoms with Gasteiger partial charge in [-0.15, -0.1) is 0 Å². The van der Waals surface area contributed by atoms with Crippen molar-refractivity contribution in [3.8, 4) is 0 Å². The number of hydrogen-bond acceptors (Lipinski definition) is 4. The molecule has 0 saturated carbocycles. The van der Waals surface area contributed by atoms with Crippen molar-refractivity contribution in [2.75, 3.05) is 20.2 Å². The molecule has 0 saturated heterocycles. The van der Waals surface area contributed by atoms with Gasteiger partial charge in [0.1, 0.15) is 6.04 Å². The molecule has 4 heteroatoms. The number of methoxy groups -OCH3 is 1. The van der Waals surface area contributed by atoms with E-state index in [-0.39, 0.29) is 5.97 Å². The Balaban J connectivity index is 3.41. The minimum absolute atomic E-state index is 0.374. The van der Waals surface area contributed by atoms with Gasteiger partial charge in [0.25, 0.3) is 0 Å². The van der Waals surface area contributed by atoms with Gasteiger partial charge in [-0.2, -0.15) is 0 Å². The van der Waals surface area contributed by atoms with Crippen LogP contribution in [0.1, 0.15) is 6.92 Å². The summed E-state index contributed by atoms with van der Waals surface area (Å²) in [6.45, 7) is 3.23. The van der Waals surface area contributed by atoms with E-state index in [9.17, 15) is 4.79 Å². The maximum atomic E-state index is 10.6. The van der Waals surface area contributed by atoms with E-state index in [1.807, 2.05) is 6.92 Å². The number of hydrogen-bond donors (Lipinski definition) is 2. The van der Waals surface area contributed by atoms with E-state index in [4.69, 9.17) is 5.73 Å². The van der Waals surface area contributed by atoms with Crippen LogP contribution in [0.4, 0.5) is 0 Å². The number of ether oxygens (including phenoxy) is 1. The van der Waals surface area contributed by atoms with Crippen molar-refractivity contribution in [3.63, 3.8) is 0 Å². The van der Waals surface area contributed by atoms with Crippen molar-refractivity contribution in [1.82, 2.24) is 5.32 Å². The molecular formula is C6H14N2O2. The molecule has 0 rings (SSSR count). The zero-order chi connectivity index (χ0) is 7.98. The number of likely N-dealkylation sites (N-methyl/N-ethyl adjacent to an activating group) is 1. The van der Waals surface area contributed by atoms with Gasteiger partial charge in [-0.25, -0.2) is 0 Å². The highest BCUT2D eigenvalue weighted by Crippen LogP contribution is 1.79. The zero-order valence-corrected chi connectivity index (χ0v) is 6.39. The molecule has 0 aliphatic heterocycles. The number of esters is 1. The molecule has 4 nitrogen and oxygen atoms in total. The fraction of sp³-hybridized carbons (Fsp3) is 0.833. The van der Waals surface area contributed by atoms with Crippen molar-refractivity contribution < 1.29 is 9.53 Å². The van der Waals surface area contributed by atoms with Crippen molar-refractivity contribution in [3.05, 3.63) is 0 Å². The first-order valence-corrected chi connectivity index (χ1v) is 3.26. The molecule has 0 amide bonds. The molecule has 0 aromatic rings. The summed E-state index contributed by atoms with van der Waals surface area (Å²) >= 11 is 0. The quantitative estimate of drug-likeness (QED) is 0.504. The topological polar surface area (TPSA) is 64.3 Å². The first-order valence-electron chi connectivity index (χ1n) is 3.26. The summed E-state index contributed by atoms with van der Waals surface area (Å²) in [4.78, 5) is 10.6. The van der Waals surface area contributed by atoms with Gasteiger partial charge >= 0.3 is 5.97 Å². The molecule has 0 heterocycles. The summed E-state index contributed by atoms with van der Waals surface area (Å²) in [5.74, 6) is -0.374. The fourth-order valence-corrected chi connectivity index (χ4v) is 0.535. The lowest BCUT2D eigenvalue weighted by Crippen LogP contribution is -2.40. The molecule has 1 unspecified atom stereocenters. The minimum Gasteiger partial charge on any atom is -0.468 e. The van der Waals surface area contributed by atoms with E-state index < -0.39 is 6.04 Å². The Labute approximate surface area is 60.7 Å². The van der Waals surface area contributed by atoms with Crippen LogP contribution in [0.2, 0.25) is 0 Å². The Morgan fingerprint density at radius 2 is 2.40 bits per heavy atom. The van der Waals surface area contributed by atoms with Crippen LogP contribution < -0.4 is 11.1 Å². The molecule has 0 fully saturated rings. The van der Waals surface area contributed by atoms with E-state index >= 15 is 0 Å². The molecule has 0 bridgehead atoms. The van der Waals surface area contributed by atoms with E-state index in [0.29, 0.717) is 6.54 Å². The van der Waals surface area contributed by atoms with Crippen LogP contribution in [0, 0.1) is 0 Å². The molecule has 0 radical (unpaired) electrons. The third kappa shape index (κ3) is 3.42. The van der Waals surface area contributed by atoms with Crippen LogP contribution in [0.5, 0.6) is 0 Å². The highest BCUT2D eigenvalue weighted by Gasteiger charge is 2.11. The van der Waals surface area contributed by atoms with Crippen LogP contribution in [0.3, 0.4) is 0 Å². The average Bonchev–Trinajstić information content (AvgIpc) is 1.98. The molecule has 1 atom stereocenters. The maximum Gasteiger partial charge on any atom is 0.323 e. The Morgan fingerprint density at radius 3 is 2.80 bits per heavy atom. The Morgan fingerprint density at radius 1 is 1.80 bits per heavy atom. The number of carbonyl (C=O) groups is 1. The van der Waals surface area contributed by atoms with Crippen LogP contribution >= 0.6 is 0 Å². The summed E-state index contributed by atoms with van der Waals surface area (Å²) in [5.41, 5.74) is 5.38. The van der Waals surface area contributed by atoms with Crippen LogP contribution in [-0.4, -0.2) is 32.2 Å². The van der Waals surface area contributed by atoms with Crippen LogP contribution in [-0.2, 0) is 9.53 Å². The third-order valence-electron chi connectivity index (χ3n) is 1.12. The van der Waals surface area contributed by atoms with Crippen molar-refractivity contribution in [1.29, 1.82) is 0 Å². The predicted molar refractivity (Wildman–Crippen MR) is 38.5 cm³/mol. The van der Waals surface area contributed by atoms with Gasteiger partial charge in [0, 0.05) is 6.54 Å². The second-order valence-corrected chi connectivity index (χ2v) is 1.94. The first kappa shape index (κ1) is 9.39. The second-order valence-electron chi connectivity index (χ2n) is 1.94. The number of rotatable bonds is 4. The Kier molecular flexibility index (Phi) is 4.88. The summed E-state index contributed by atoms with van der Waals surface area (Å²) in [5, 5.41) is 2.94. The summed E-state index contributed by atoms with van der Waals surface area (Å²) in [7, 11) is 1.33. The molecule has 0 aliphatic rings. The predicted octanol–water partition coefficient (Wildman–Crippen LogP) is -0.904. The van der Waals surface area contributed by atoms with Crippen molar-refractivity contribution in [2.45, 2.75) is 13.0 Å². The van der Waals surface area contributed by atoms with E-state index in [2.05, 4.69) is 10.1 Å². The smallest absolute Gasteiger partial charge is 0.323 e.